The average molecular weight is 567 g/mol. The topological polar surface area (TPSA) is 111 Å². The van der Waals surface area contributed by atoms with E-state index in [0.29, 0.717) is 41.1 Å². The number of aliphatic imine (C=N–C) groups is 1. The van der Waals surface area contributed by atoms with Crippen LogP contribution in [0.15, 0.2) is 47.4 Å². The Hall–Kier alpha value is -1.50. The number of H-pyrrole nitrogens is 1. The van der Waals surface area contributed by atoms with Crippen molar-refractivity contribution in [2.24, 2.45) is 10.7 Å². The number of allylic oxidation sites excluding steroid dienone is 1. The Balaban J connectivity index is 0.000000898. The number of carbonyl (C=O) groups is 1. The van der Waals surface area contributed by atoms with Crippen molar-refractivity contribution < 1.29 is 60.9 Å². The van der Waals surface area contributed by atoms with Crippen LogP contribution in [0.1, 0.15) is 40.6 Å². The molecule has 11 heteroatoms. The zero-order chi connectivity index (χ0) is 26.1. The van der Waals surface area contributed by atoms with Crippen molar-refractivity contribution >= 4 is 46.6 Å². The minimum absolute atomic E-state index is 0. The van der Waals surface area contributed by atoms with Gasteiger partial charge in [0.2, 0.25) is 0 Å². The molecule has 1 aromatic carbocycles. The number of aryl methyl sites for hydroxylation is 1. The molecule has 0 saturated carbocycles. The number of benzene rings is 1. The van der Waals surface area contributed by atoms with E-state index in [4.69, 9.17) is 26.9 Å². The molecule has 3 heterocycles. The molecule has 0 bridgehead atoms. The SMILES string of the molecule is C=CC=O.C[N-]c1[nH]cc(C2CCN(C)CC2)c1C(N)=Nc1ccc(OCc2csc(C)n2)c(Cl)c1.[K+]. The number of piperidine rings is 1. The molecule has 1 fully saturated rings. The molecule has 3 N–H and O–H groups in total. The first kappa shape index (κ1) is 31.7. The van der Waals surface area contributed by atoms with E-state index in [1.54, 1.807) is 24.5 Å². The number of aromatic nitrogens is 2. The molecular formula is C26H32ClKN6O2S. The van der Waals surface area contributed by atoms with E-state index in [1.807, 2.05) is 30.6 Å². The fourth-order valence-electron chi connectivity index (χ4n) is 4.01. The molecule has 0 atom stereocenters. The second kappa shape index (κ2) is 15.8. The van der Waals surface area contributed by atoms with Gasteiger partial charge in [-0.15, -0.1) is 11.3 Å². The largest absolute Gasteiger partial charge is 1.00 e. The maximum Gasteiger partial charge on any atom is 1.00 e. The van der Waals surface area contributed by atoms with E-state index in [1.165, 1.54) is 11.6 Å². The van der Waals surface area contributed by atoms with Crippen molar-refractivity contribution in [2.75, 3.05) is 27.2 Å². The number of aromatic amines is 1. The van der Waals surface area contributed by atoms with Gasteiger partial charge in [-0.05, 0) is 75.7 Å². The maximum atomic E-state index is 9.06. The summed E-state index contributed by atoms with van der Waals surface area (Å²) in [5.41, 5.74) is 10.1. The van der Waals surface area contributed by atoms with Crippen LogP contribution in [0.2, 0.25) is 5.02 Å². The molecule has 1 aliphatic rings. The van der Waals surface area contributed by atoms with Gasteiger partial charge in [0.1, 0.15) is 24.5 Å². The summed E-state index contributed by atoms with van der Waals surface area (Å²) in [5, 5.41) is 7.85. The van der Waals surface area contributed by atoms with Crippen molar-refractivity contribution in [3.05, 3.63) is 74.6 Å². The second-order valence-corrected chi connectivity index (χ2v) is 9.87. The molecular weight excluding hydrogens is 535 g/mol. The number of halogens is 1. The number of hydrogen-bond donors (Lipinski definition) is 2. The fourth-order valence-corrected chi connectivity index (χ4v) is 4.84. The molecule has 8 nitrogen and oxygen atoms in total. The van der Waals surface area contributed by atoms with Crippen molar-refractivity contribution in [2.45, 2.75) is 32.3 Å². The Bertz CT molecular complexity index is 1200. The number of hydrogen-bond acceptors (Lipinski definition) is 6. The van der Waals surface area contributed by atoms with Gasteiger partial charge in [-0.2, -0.15) is 0 Å². The maximum absolute atomic E-state index is 9.06. The van der Waals surface area contributed by atoms with Gasteiger partial charge < -0.3 is 25.7 Å². The third-order valence-electron chi connectivity index (χ3n) is 5.83. The first-order chi connectivity index (χ1) is 17.4. The van der Waals surface area contributed by atoms with Crippen molar-refractivity contribution in [3.63, 3.8) is 0 Å². The van der Waals surface area contributed by atoms with Crippen LogP contribution < -0.4 is 61.9 Å². The number of rotatable bonds is 8. The van der Waals surface area contributed by atoms with Crippen LogP contribution in [0.5, 0.6) is 5.75 Å². The molecule has 3 aromatic rings. The summed E-state index contributed by atoms with van der Waals surface area (Å²) >= 11 is 8.05. The van der Waals surface area contributed by atoms with E-state index in [2.05, 4.69) is 38.8 Å². The molecule has 1 saturated heterocycles. The zero-order valence-corrected chi connectivity index (χ0v) is 26.5. The molecule has 0 unspecified atom stereocenters. The first-order valence-corrected chi connectivity index (χ1v) is 12.9. The normalized spacial score (nSPS) is 14.2. The van der Waals surface area contributed by atoms with Gasteiger partial charge in [0.25, 0.3) is 0 Å². The smallest absolute Gasteiger partial charge is 0.486 e. The second-order valence-electron chi connectivity index (χ2n) is 8.40. The fraction of sp³-hybridized carbons (Fsp3) is 0.346. The Morgan fingerprint density at radius 1 is 1.43 bits per heavy atom. The van der Waals surface area contributed by atoms with Crippen LogP contribution in [-0.2, 0) is 11.4 Å². The summed E-state index contributed by atoms with van der Waals surface area (Å²) in [7, 11) is 3.92. The Morgan fingerprint density at radius 2 is 2.14 bits per heavy atom. The van der Waals surface area contributed by atoms with Crippen LogP contribution >= 0.6 is 22.9 Å². The van der Waals surface area contributed by atoms with Gasteiger partial charge in [0.05, 0.1) is 21.4 Å². The van der Waals surface area contributed by atoms with Gasteiger partial charge in [-0.3, -0.25) is 4.79 Å². The third-order valence-corrected chi connectivity index (χ3v) is 6.95. The number of ether oxygens (including phenoxy) is 1. The summed E-state index contributed by atoms with van der Waals surface area (Å²) in [6.07, 6.45) is 6.04. The summed E-state index contributed by atoms with van der Waals surface area (Å²) < 4.78 is 5.82. The number of nitrogens with one attached hydrogen (secondary N) is 1. The number of nitrogens with zero attached hydrogens (tertiary/aromatic N) is 4. The number of carbonyl (C=O) groups excluding carboxylic acids is 1. The molecule has 0 radical (unpaired) electrons. The molecule has 1 aliphatic heterocycles. The molecule has 0 amide bonds. The Morgan fingerprint density at radius 3 is 2.70 bits per heavy atom. The Labute approximate surface area is 270 Å². The van der Waals surface area contributed by atoms with Crippen molar-refractivity contribution in [1.82, 2.24) is 14.9 Å². The summed E-state index contributed by atoms with van der Waals surface area (Å²) in [6.45, 7) is 7.60. The zero-order valence-electron chi connectivity index (χ0n) is 21.8. The molecule has 4 rings (SSSR count). The third kappa shape index (κ3) is 9.04. The summed E-state index contributed by atoms with van der Waals surface area (Å²) in [4.78, 5) is 23.7. The minimum Gasteiger partial charge on any atom is -0.486 e. The van der Waals surface area contributed by atoms with Gasteiger partial charge in [-0.1, -0.05) is 37.2 Å². The van der Waals surface area contributed by atoms with Gasteiger partial charge in [-0.25, -0.2) is 9.98 Å². The molecule has 0 spiro atoms. The predicted molar refractivity (Wildman–Crippen MR) is 148 cm³/mol. The standard InChI is InChI=1S/C23H28ClN6OS.C3H4O.K/c1-14-28-17(13-32-14)12-31-20-5-4-16(10-19(20)24)29-22(25)21-18(11-27-23(21)26-2)15-6-8-30(3)9-7-15;1-2-3-4;/h4-5,10-11,13,15,27H,6-9,12H2,1-3H3,(H2,25,29);2-3H,1H2;/q-1;;+1. The van der Waals surface area contributed by atoms with Crippen LogP contribution in [-0.4, -0.2) is 54.2 Å². The van der Waals surface area contributed by atoms with Crippen LogP contribution in [0.3, 0.4) is 0 Å². The summed E-state index contributed by atoms with van der Waals surface area (Å²) in [6, 6.07) is 5.43. The quantitative estimate of drug-likeness (QED) is 0.143. The van der Waals surface area contributed by atoms with Gasteiger partial charge in [0.15, 0.2) is 0 Å². The number of thiazole rings is 1. The first-order valence-electron chi connectivity index (χ1n) is 11.6. The summed E-state index contributed by atoms with van der Waals surface area (Å²) in [5.74, 6) is 2.22. The van der Waals surface area contributed by atoms with E-state index in [-0.39, 0.29) is 51.4 Å². The average Bonchev–Trinajstić information content (AvgIpc) is 3.50. The molecule has 0 aliphatic carbocycles. The number of aldehydes is 1. The van der Waals surface area contributed by atoms with E-state index in [0.717, 1.165) is 48.0 Å². The van der Waals surface area contributed by atoms with Gasteiger partial charge in [0, 0.05) is 10.9 Å². The molecule has 37 heavy (non-hydrogen) atoms. The number of nitrogens with two attached hydrogens (primary N) is 1. The van der Waals surface area contributed by atoms with E-state index < -0.39 is 0 Å². The van der Waals surface area contributed by atoms with E-state index in [9.17, 15) is 0 Å². The van der Waals surface area contributed by atoms with Gasteiger partial charge >= 0.3 is 51.4 Å². The molecule has 192 valence electrons. The number of likely N-dealkylation sites (tertiary alicyclic amines) is 1. The molecule has 2 aromatic heterocycles. The Kier molecular flexibility index (Phi) is 13.5. The van der Waals surface area contributed by atoms with Crippen LogP contribution in [0, 0.1) is 6.92 Å². The number of amidine groups is 1. The monoisotopic (exact) mass is 566 g/mol. The van der Waals surface area contributed by atoms with Crippen LogP contribution in [0.4, 0.5) is 11.5 Å². The van der Waals surface area contributed by atoms with Crippen molar-refractivity contribution in [3.8, 4) is 5.75 Å². The van der Waals surface area contributed by atoms with Crippen molar-refractivity contribution in [1.29, 1.82) is 0 Å². The minimum atomic E-state index is 0. The predicted octanol–water partition coefficient (Wildman–Crippen LogP) is 2.87. The van der Waals surface area contributed by atoms with E-state index >= 15 is 0 Å². The van der Waals surface area contributed by atoms with Crippen LogP contribution in [0.25, 0.3) is 5.32 Å².